The van der Waals surface area contributed by atoms with Crippen LogP contribution in [0.25, 0.3) is 11.4 Å². The van der Waals surface area contributed by atoms with Crippen LogP contribution in [0.1, 0.15) is 30.7 Å². The van der Waals surface area contributed by atoms with Crippen LogP contribution < -0.4 is 10.2 Å². The highest BCUT2D eigenvalue weighted by Crippen LogP contribution is 2.41. The van der Waals surface area contributed by atoms with Crippen LogP contribution in [-0.2, 0) is 26.1 Å². The fourth-order valence-corrected chi connectivity index (χ4v) is 4.87. The highest BCUT2D eigenvalue weighted by molar-refractivity contribution is 7.85. The molecule has 1 aromatic carbocycles. The van der Waals surface area contributed by atoms with Crippen molar-refractivity contribution in [2.75, 3.05) is 11.2 Å². The monoisotopic (exact) mass is 520 g/mol. The number of aromatic nitrogens is 3. The van der Waals surface area contributed by atoms with Gasteiger partial charge in [-0.3, -0.25) is 28.9 Å². The fraction of sp³-hybridized carbons (Fsp3) is 0.240. The minimum absolute atomic E-state index is 0.257. The van der Waals surface area contributed by atoms with Crippen molar-refractivity contribution in [3.8, 4) is 0 Å². The summed E-state index contributed by atoms with van der Waals surface area (Å²) in [6.07, 6.45) is 10.3. The molecule has 5 heterocycles. The molecule has 1 atom stereocenters. The number of rotatable bonds is 3. The molecule has 0 fully saturated rings. The number of aliphatic imine (C=N–C) groups is 1. The Hall–Kier alpha value is -4.16. The number of hydrogen-bond donors (Lipinski definition) is 2. The average Bonchev–Trinajstić information content (AvgIpc) is 3.44. The zero-order valence-electron chi connectivity index (χ0n) is 20.3. The van der Waals surface area contributed by atoms with Gasteiger partial charge < -0.3 is 4.90 Å². The predicted molar refractivity (Wildman–Crippen MR) is 137 cm³/mol. The van der Waals surface area contributed by atoms with Gasteiger partial charge in [0.2, 0.25) is 5.78 Å². The van der Waals surface area contributed by atoms with Crippen molar-refractivity contribution in [2.45, 2.75) is 26.3 Å². The van der Waals surface area contributed by atoms with Crippen molar-refractivity contribution in [1.82, 2.24) is 19.7 Å². The first-order valence-corrected chi connectivity index (χ1v) is 13.4. The maximum atomic E-state index is 13.0. The largest absolute Gasteiger partial charge is 0.342 e. The van der Waals surface area contributed by atoms with E-state index in [-0.39, 0.29) is 11.1 Å². The second-order valence-electron chi connectivity index (χ2n) is 9.21. The van der Waals surface area contributed by atoms with Crippen LogP contribution in [0.2, 0.25) is 0 Å². The molecule has 6 rings (SSSR count). The molecule has 0 saturated carbocycles. The SMILES string of the molecule is CC(C)C1Cc2cccc3c2N1C=CN=C3C1=C(c2cnc3ncccn23)C(=O)NC1=O.CS(=O)(=O)O. The van der Waals surface area contributed by atoms with Crippen LogP contribution in [0, 0.1) is 5.92 Å². The molecule has 2 amide bonds. The van der Waals surface area contributed by atoms with Crippen LogP contribution in [0.4, 0.5) is 5.69 Å². The summed E-state index contributed by atoms with van der Waals surface area (Å²) in [7, 11) is -3.67. The predicted octanol–water partition coefficient (Wildman–Crippen LogP) is 2.00. The zero-order chi connectivity index (χ0) is 26.5. The van der Waals surface area contributed by atoms with Gasteiger partial charge in [0.05, 0.1) is 40.7 Å². The van der Waals surface area contributed by atoms with Gasteiger partial charge in [-0.15, -0.1) is 0 Å². The van der Waals surface area contributed by atoms with E-state index in [1.807, 2.05) is 18.3 Å². The van der Waals surface area contributed by atoms with Gasteiger partial charge in [0.1, 0.15) is 0 Å². The summed E-state index contributed by atoms with van der Waals surface area (Å²) < 4.78 is 27.6. The van der Waals surface area contributed by atoms with Crippen molar-refractivity contribution >= 4 is 44.7 Å². The van der Waals surface area contributed by atoms with Crippen molar-refractivity contribution in [3.05, 3.63) is 77.6 Å². The molecule has 37 heavy (non-hydrogen) atoms. The lowest BCUT2D eigenvalue weighted by atomic mass is 9.94. The molecule has 0 aliphatic carbocycles. The van der Waals surface area contributed by atoms with Gasteiger partial charge in [0, 0.05) is 36.4 Å². The van der Waals surface area contributed by atoms with E-state index in [0.29, 0.717) is 35.4 Å². The molecule has 0 saturated heterocycles. The smallest absolute Gasteiger partial charge is 0.261 e. The summed E-state index contributed by atoms with van der Waals surface area (Å²) in [5.74, 6) is -0.0227. The molecule has 0 spiro atoms. The Morgan fingerprint density at radius 3 is 2.57 bits per heavy atom. The van der Waals surface area contributed by atoms with Crippen molar-refractivity contribution in [3.63, 3.8) is 0 Å². The number of imidazole rings is 1. The van der Waals surface area contributed by atoms with Crippen molar-refractivity contribution in [2.24, 2.45) is 10.9 Å². The molecule has 3 aliphatic heterocycles. The number of carbonyl (C=O) groups is 2. The number of amides is 2. The summed E-state index contributed by atoms with van der Waals surface area (Å²) in [6.45, 7) is 4.42. The zero-order valence-corrected chi connectivity index (χ0v) is 21.1. The summed E-state index contributed by atoms with van der Waals surface area (Å²) in [4.78, 5) is 41.4. The maximum absolute atomic E-state index is 13.0. The minimum Gasteiger partial charge on any atom is -0.342 e. The van der Waals surface area contributed by atoms with E-state index in [4.69, 9.17) is 4.55 Å². The van der Waals surface area contributed by atoms with E-state index < -0.39 is 21.9 Å². The van der Waals surface area contributed by atoms with Crippen molar-refractivity contribution in [1.29, 1.82) is 0 Å². The summed E-state index contributed by atoms with van der Waals surface area (Å²) in [5, 5.41) is 2.45. The van der Waals surface area contributed by atoms with Crippen LogP contribution in [0.5, 0.6) is 0 Å². The Morgan fingerprint density at radius 1 is 1.11 bits per heavy atom. The molecule has 12 heteroatoms. The quantitative estimate of drug-likeness (QED) is 0.394. The molecule has 0 bridgehead atoms. The van der Waals surface area contributed by atoms with E-state index >= 15 is 0 Å². The molecule has 3 aliphatic rings. The molecule has 190 valence electrons. The van der Waals surface area contributed by atoms with Crippen molar-refractivity contribution < 1.29 is 22.6 Å². The molecular weight excluding hydrogens is 496 g/mol. The van der Waals surface area contributed by atoms with Gasteiger partial charge >= 0.3 is 0 Å². The summed E-state index contributed by atoms with van der Waals surface area (Å²) in [6, 6.07) is 8.15. The second kappa shape index (κ2) is 9.05. The first-order valence-electron chi connectivity index (χ1n) is 11.5. The third kappa shape index (κ3) is 4.45. The van der Waals surface area contributed by atoms with E-state index in [2.05, 4.69) is 45.1 Å². The lowest BCUT2D eigenvalue weighted by molar-refractivity contribution is -0.123. The number of para-hydroxylation sites is 1. The van der Waals surface area contributed by atoms with Gasteiger partial charge in [-0.05, 0) is 24.0 Å². The molecule has 3 aromatic rings. The lowest BCUT2D eigenvalue weighted by Gasteiger charge is -2.27. The molecule has 2 N–H and O–H groups in total. The number of carbonyl (C=O) groups excluding carboxylic acids is 2. The van der Waals surface area contributed by atoms with Gasteiger partial charge in [-0.1, -0.05) is 32.0 Å². The fourth-order valence-electron chi connectivity index (χ4n) is 4.87. The Kier molecular flexibility index (Phi) is 6.00. The number of nitrogens with one attached hydrogen (secondary N) is 1. The van der Waals surface area contributed by atoms with E-state index in [1.54, 1.807) is 35.3 Å². The van der Waals surface area contributed by atoms with Crippen LogP contribution >= 0.6 is 0 Å². The van der Waals surface area contributed by atoms with Gasteiger partial charge in [-0.25, -0.2) is 9.97 Å². The average molecular weight is 521 g/mol. The maximum Gasteiger partial charge on any atom is 0.261 e. The third-order valence-electron chi connectivity index (χ3n) is 6.33. The first-order chi connectivity index (χ1) is 17.5. The highest BCUT2D eigenvalue weighted by Gasteiger charge is 2.40. The topological polar surface area (TPSA) is 146 Å². The summed E-state index contributed by atoms with van der Waals surface area (Å²) in [5.41, 5.74) is 4.62. The van der Waals surface area contributed by atoms with Crippen LogP contribution in [0.3, 0.4) is 0 Å². The molecule has 11 nitrogen and oxygen atoms in total. The Labute approximate surface area is 213 Å². The van der Waals surface area contributed by atoms with Crippen LogP contribution in [-0.4, -0.2) is 57.2 Å². The summed E-state index contributed by atoms with van der Waals surface area (Å²) >= 11 is 0. The van der Waals surface area contributed by atoms with Crippen LogP contribution in [0.15, 0.2) is 65.8 Å². The van der Waals surface area contributed by atoms with E-state index in [1.165, 1.54) is 5.56 Å². The number of nitrogens with zero attached hydrogens (tertiary/aromatic N) is 5. The Morgan fingerprint density at radius 2 is 1.84 bits per heavy atom. The third-order valence-corrected chi connectivity index (χ3v) is 6.33. The standard InChI is InChI=1S/C24H20N6O2.CH4O3S/c1-13(2)16-11-14-5-3-6-15-20(25-8-10-29(16)21(14)15)19-18(22(31)28-23(19)32)17-12-27-24-26-7-4-9-30(17)24;1-5(2,3)4/h3-10,12-13,16H,11H2,1-2H3,(H,28,31,32);1H3,(H,2,3,4). The number of fused-ring (bicyclic) bond motifs is 1. The first kappa shape index (κ1) is 24.5. The van der Waals surface area contributed by atoms with Gasteiger partial charge in [-0.2, -0.15) is 8.42 Å². The van der Waals surface area contributed by atoms with E-state index in [9.17, 15) is 18.0 Å². The minimum atomic E-state index is -3.67. The second-order valence-corrected chi connectivity index (χ2v) is 10.7. The Balaban J connectivity index is 0.000000514. The normalized spacial score (nSPS) is 18.6. The molecular formula is C25H24N6O5S. The number of anilines is 1. The number of benzene rings is 1. The van der Waals surface area contributed by atoms with Gasteiger partial charge in [0.15, 0.2) is 0 Å². The lowest BCUT2D eigenvalue weighted by Crippen LogP contribution is -2.32. The van der Waals surface area contributed by atoms with E-state index in [0.717, 1.165) is 17.7 Å². The molecule has 0 radical (unpaired) electrons. The number of hydrogen-bond acceptors (Lipinski definition) is 8. The molecule has 2 aromatic heterocycles. The molecule has 1 unspecified atom stereocenters. The highest BCUT2D eigenvalue weighted by atomic mass is 32.2. The van der Waals surface area contributed by atoms with Gasteiger partial charge in [0.25, 0.3) is 21.9 Å². The Bertz CT molecular complexity index is 1640. The number of imide groups is 1.